The lowest BCUT2D eigenvalue weighted by atomic mass is 10.1. The Kier molecular flexibility index (Phi) is 7.24. The lowest BCUT2D eigenvalue weighted by Crippen LogP contribution is -2.53. The number of aliphatic imine (C=N–C) groups is 1. The summed E-state index contributed by atoms with van der Waals surface area (Å²) in [5.41, 5.74) is 1.97. The van der Waals surface area contributed by atoms with Crippen LogP contribution in [0, 0.1) is 0 Å². The Bertz CT molecular complexity index is 776. The van der Waals surface area contributed by atoms with Gasteiger partial charge in [-0.15, -0.1) is 0 Å². The number of anilines is 1. The van der Waals surface area contributed by atoms with E-state index in [1.165, 1.54) is 11.3 Å². The molecule has 0 aliphatic carbocycles. The van der Waals surface area contributed by atoms with E-state index < -0.39 is 5.60 Å². The Morgan fingerprint density at radius 1 is 1.27 bits per heavy atom. The zero-order valence-electron chi connectivity index (χ0n) is 18.6. The second-order valence-electron chi connectivity index (χ2n) is 8.88. The molecule has 1 saturated heterocycles. The second kappa shape index (κ2) is 9.87. The van der Waals surface area contributed by atoms with Gasteiger partial charge in [0.25, 0.3) is 0 Å². The Balaban J connectivity index is 1.51. The zero-order chi connectivity index (χ0) is 21.6. The topological polar surface area (TPSA) is 69.2 Å². The Morgan fingerprint density at radius 2 is 2.03 bits per heavy atom. The van der Waals surface area contributed by atoms with Gasteiger partial charge in [-0.3, -0.25) is 4.99 Å². The molecule has 2 aliphatic heterocycles. The maximum atomic E-state index is 12.4. The number of guanidine groups is 1. The number of likely N-dealkylation sites (tertiary alicyclic amines) is 1. The van der Waals surface area contributed by atoms with Crippen molar-refractivity contribution in [2.75, 3.05) is 38.1 Å². The standard InChI is InChI=1S/C23H35N5O2/c1-23(2,3)30-22(29)28-14-8-10-19(17-28)26-21(24-4)25-16-18-9-7-11-20(15-18)27-12-5-6-13-27/h5-7,9,11,15,19H,8,10,12-14,16-17H2,1-4H3,(H2,24,25,26). The minimum Gasteiger partial charge on any atom is -0.444 e. The van der Waals surface area contributed by atoms with Crippen molar-refractivity contribution in [3.05, 3.63) is 42.0 Å². The van der Waals surface area contributed by atoms with Gasteiger partial charge in [-0.05, 0) is 51.3 Å². The molecule has 2 N–H and O–H groups in total. The molecule has 0 radical (unpaired) electrons. The van der Waals surface area contributed by atoms with Crippen LogP contribution in [0.25, 0.3) is 0 Å². The molecular weight excluding hydrogens is 378 g/mol. The highest BCUT2D eigenvalue weighted by Gasteiger charge is 2.28. The monoisotopic (exact) mass is 413 g/mol. The number of carbonyl (C=O) groups is 1. The number of nitrogens with one attached hydrogen (secondary N) is 2. The van der Waals surface area contributed by atoms with Crippen LogP contribution in [0.4, 0.5) is 10.5 Å². The van der Waals surface area contributed by atoms with Crippen molar-refractivity contribution in [2.24, 2.45) is 4.99 Å². The molecule has 0 saturated carbocycles. The van der Waals surface area contributed by atoms with Crippen molar-refractivity contribution < 1.29 is 9.53 Å². The third-order valence-electron chi connectivity index (χ3n) is 5.19. The molecule has 1 fully saturated rings. The first kappa shape index (κ1) is 22.0. The molecule has 1 atom stereocenters. The van der Waals surface area contributed by atoms with Gasteiger partial charge in [0.15, 0.2) is 5.96 Å². The largest absolute Gasteiger partial charge is 0.444 e. The molecule has 0 bridgehead atoms. The first-order valence-corrected chi connectivity index (χ1v) is 10.8. The minimum atomic E-state index is -0.477. The molecule has 2 heterocycles. The average molecular weight is 414 g/mol. The van der Waals surface area contributed by atoms with Crippen molar-refractivity contribution in [3.8, 4) is 0 Å². The van der Waals surface area contributed by atoms with Gasteiger partial charge in [0, 0.05) is 51.5 Å². The summed E-state index contributed by atoms with van der Waals surface area (Å²) >= 11 is 0. The summed E-state index contributed by atoms with van der Waals surface area (Å²) in [6.07, 6.45) is 6.09. The van der Waals surface area contributed by atoms with Crippen LogP contribution in [-0.4, -0.2) is 61.8 Å². The smallest absolute Gasteiger partial charge is 0.410 e. The van der Waals surface area contributed by atoms with Gasteiger partial charge in [-0.1, -0.05) is 24.3 Å². The average Bonchev–Trinajstić information content (AvgIpc) is 3.25. The number of nitrogens with zero attached hydrogens (tertiary/aromatic N) is 3. The molecular formula is C23H35N5O2. The second-order valence-corrected chi connectivity index (χ2v) is 8.88. The van der Waals surface area contributed by atoms with Crippen LogP contribution < -0.4 is 15.5 Å². The number of piperidine rings is 1. The molecule has 0 spiro atoms. The molecule has 1 amide bonds. The lowest BCUT2D eigenvalue weighted by Gasteiger charge is -2.35. The number of ether oxygens (including phenoxy) is 1. The molecule has 1 aromatic rings. The number of carbonyl (C=O) groups excluding carboxylic acids is 1. The first-order chi connectivity index (χ1) is 14.3. The predicted octanol–water partition coefficient (Wildman–Crippen LogP) is 3.13. The highest BCUT2D eigenvalue weighted by Crippen LogP contribution is 2.19. The van der Waals surface area contributed by atoms with Gasteiger partial charge in [0.05, 0.1) is 0 Å². The van der Waals surface area contributed by atoms with Crippen molar-refractivity contribution in [1.82, 2.24) is 15.5 Å². The van der Waals surface area contributed by atoms with Crippen molar-refractivity contribution in [1.29, 1.82) is 0 Å². The molecule has 30 heavy (non-hydrogen) atoms. The maximum Gasteiger partial charge on any atom is 0.410 e. The number of rotatable bonds is 4. The summed E-state index contributed by atoms with van der Waals surface area (Å²) in [7, 11) is 1.77. The molecule has 0 aromatic heterocycles. The van der Waals surface area contributed by atoms with E-state index in [1.807, 2.05) is 20.8 Å². The molecule has 164 valence electrons. The first-order valence-electron chi connectivity index (χ1n) is 10.8. The third-order valence-corrected chi connectivity index (χ3v) is 5.19. The van der Waals surface area contributed by atoms with Crippen molar-refractivity contribution in [3.63, 3.8) is 0 Å². The molecule has 7 heteroatoms. The van der Waals surface area contributed by atoms with E-state index in [2.05, 4.69) is 56.9 Å². The van der Waals surface area contributed by atoms with Gasteiger partial charge in [-0.25, -0.2) is 4.79 Å². The van der Waals surface area contributed by atoms with E-state index in [1.54, 1.807) is 11.9 Å². The minimum absolute atomic E-state index is 0.152. The van der Waals surface area contributed by atoms with Crippen LogP contribution in [0.5, 0.6) is 0 Å². The van der Waals surface area contributed by atoms with Crippen LogP contribution in [0.3, 0.4) is 0 Å². The van der Waals surface area contributed by atoms with E-state index in [4.69, 9.17) is 4.74 Å². The van der Waals surface area contributed by atoms with Crippen LogP contribution >= 0.6 is 0 Å². The predicted molar refractivity (Wildman–Crippen MR) is 122 cm³/mol. The summed E-state index contributed by atoms with van der Waals surface area (Å²) in [5.74, 6) is 0.749. The van der Waals surface area contributed by atoms with Gasteiger partial charge in [0.2, 0.25) is 0 Å². The Hall–Kier alpha value is -2.70. The molecule has 7 nitrogen and oxygen atoms in total. The summed E-state index contributed by atoms with van der Waals surface area (Å²) in [4.78, 5) is 20.9. The van der Waals surface area contributed by atoms with Gasteiger partial charge in [0.1, 0.15) is 5.60 Å². The van der Waals surface area contributed by atoms with Crippen LogP contribution in [0.15, 0.2) is 41.4 Å². The summed E-state index contributed by atoms with van der Waals surface area (Å²) in [5, 5.41) is 6.87. The van der Waals surface area contributed by atoms with E-state index in [-0.39, 0.29) is 12.1 Å². The molecule has 2 aliphatic rings. The Morgan fingerprint density at radius 3 is 2.73 bits per heavy atom. The van der Waals surface area contributed by atoms with Crippen LogP contribution in [-0.2, 0) is 11.3 Å². The number of hydrogen-bond donors (Lipinski definition) is 2. The third kappa shape index (κ3) is 6.40. The number of benzene rings is 1. The number of amides is 1. The fourth-order valence-electron chi connectivity index (χ4n) is 3.71. The van der Waals surface area contributed by atoms with E-state index in [0.29, 0.717) is 13.1 Å². The molecule has 1 aromatic carbocycles. The molecule has 3 rings (SSSR count). The van der Waals surface area contributed by atoms with E-state index in [0.717, 1.165) is 38.4 Å². The van der Waals surface area contributed by atoms with Gasteiger partial charge in [-0.2, -0.15) is 0 Å². The fraction of sp³-hybridized carbons (Fsp3) is 0.565. The quantitative estimate of drug-likeness (QED) is 0.451. The maximum absolute atomic E-state index is 12.4. The zero-order valence-corrected chi connectivity index (χ0v) is 18.6. The SMILES string of the molecule is CN=C(NCc1cccc(N2CC=CC2)c1)NC1CCCN(C(=O)OC(C)(C)C)C1. The van der Waals surface area contributed by atoms with Crippen molar-refractivity contribution >= 4 is 17.7 Å². The highest BCUT2D eigenvalue weighted by molar-refractivity contribution is 5.80. The van der Waals surface area contributed by atoms with Gasteiger partial charge >= 0.3 is 6.09 Å². The highest BCUT2D eigenvalue weighted by atomic mass is 16.6. The van der Waals surface area contributed by atoms with E-state index >= 15 is 0 Å². The molecule has 1 unspecified atom stereocenters. The van der Waals surface area contributed by atoms with Crippen LogP contribution in [0.1, 0.15) is 39.2 Å². The van der Waals surface area contributed by atoms with E-state index in [9.17, 15) is 4.79 Å². The summed E-state index contributed by atoms with van der Waals surface area (Å²) < 4.78 is 5.52. The van der Waals surface area contributed by atoms with Gasteiger partial charge < -0.3 is 25.2 Å². The number of hydrogen-bond acceptors (Lipinski definition) is 4. The normalized spacial score (nSPS) is 19.7. The summed E-state index contributed by atoms with van der Waals surface area (Å²) in [6.45, 7) is 9.66. The fourth-order valence-corrected chi connectivity index (χ4v) is 3.71. The summed E-state index contributed by atoms with van der Waals surface area (Å²) in [6, 6.07) is 8.74. The Labute approximate surface area is 180 Å². The van der Waals surface area contributed by atoms with Crippen molar-refractivity contribution in [2.45, 2.75) is 51.8 Å². The lowest BCUT2D eigenvalue weighted by molar-refractivity contribution is 0.0193. The van der Waals surface area contributed by atoms with Crippen LogP contribution in [0.2, 0.25) is 0 Å².